The first-order valence-corrected chi connectivity index (χ1v) is 14.6. The van der Waals surface area contributed by atoms with Gasteiger partial charge in [0.1, 0.15) is 25.5 Å². The number of benzene rings is 2. The van der Waals surface area contributed by atoms with Crippen molar-refractivity contribution in [1.29, 1.82) is 0 Å². The van der Waals surface area contributed by atoms with Gasteiger partial charge < -0.3 is 40.6 Å². The summed E-state index contributed by atoms with van der Waals surface area (Å²) in [5.74, 6) is 3.93. The normalized spacial score (nSPS) is 27.4. The zero-order valence-electron chi connectivity index (χ0n) is 22.8. The molecule has 9 heteroatoms. The van der Waals surface area contributed by atoms with Crippen LogP contribution >= 0.6 is 0 Å². The molecule has 0 radical (unpaired) electrons. The number of nitrogens with zero attached hydrogens (tertiary/aromatic N) is 3. The summed E-state index contributed by atoms with van der Waals surface area (Å²) in [6.45, 7) is 4.87. The highest BCUT2D eigenvalue weighted by atomic mass is 35.5. The van der Waals surface area contributed by atoms with Crippen LogP contribution in [0.2, 0.25) is 0 Å². The van der Waals surface area contributed by atoms with Gasteiger partial charge in [0.2, 0.25) is 0 Å². The first kappa shape index (κ1) is 27.4. The maximum Gasteiger partial charge on any atom is 0.271 e. The fraction of sp³-hybridized carbons (Fsp3) is 0.548. The molecule has 5 aliphatic rings. The molecule has 0 amide bonds. The van der Waals surface area contributed by atoms with Gasteiger partial charge in [0, 0.05) is 30.7 Å². The molecule has 0 spiro atoms. The lowest BCUT2D eigenvalue weighted by Gasteiger charge is -2.51. The van der Waals surface area contributed by atoms with E-state index in [9.17, 15) is 5.11 Å². The minimum atomic E-state index is -1.26. The fourth-order valence-electron chi connectivity index (χ4n) is 7.35. The number of ether oxygens (including phenoxy) is 3. The van der Waals surface area contributed by atoms with E-state index in [1.807, 2.05) is 48.5 Å². The second-order valence-corrected chi connectivity index (χ2v) is 11.9. The first-order valence-electron chi connectivity index (χ1n) is 14.6. The van der Waals surface area contributed by atoms with Crippen LogP contribution < -0.4 is 26.6 Å². The molecule has 4 aliphatic heterocycles. The van der Waals surface area contributed by atoms with Gasteiger partial charge in [-0.25, -0.2) is 0 Å². The summed E-state index contributed by atoms with van der Waals surface area (Å²) in [6, 6.07) is 15.8. The van der Waals surface area contributed by atoms with Crippen LogP contribution in [0.4, 0.5) is 0 Å². The van der Waals surface area contributed by atoms with Gasteiger partial charge in [0.15, 0.2) is 29.7 Å². The first-order chi connectivity index (χ1) is 19.1. The van der Waals surface area contributed by atoms with Crippen molar-refractivity contribution < 1.29 is 40.6 Å². The molecule has 1 N–H and O–H groups in total. The molecule has 1 saturated carbocycles. The van der Waals surface area contributed by atoms with E-state index in [0.717, 1.165) is 85.5 Å². The number of hydrogen-bond donors (Lipinski definition) is 1. The molecule has 2 bridgehead atoms. The van der Waals surface area contributed by atoms with Crippen molar-refractivity contribution in [3.05, 3.63) is 65.9 Å². The standard InChI is InChI=1S/C31H38N3O5.ClH/c35-31(23-7-3-1-4-8-23,24-9-5-2-6-10-24)30-33-32-29(39-30)21-34-15-13-22(14-16-34)28(20-34)38-25-11-12-26-27(19-25)37-18-17-36-26;/h1,3-4,7-8,11-12,19,22,24,28,35H,2,5-6,9-10,13-18,20-21H2;1H/q+1;/p-1/t22?,28-,31-,34?;/m0./s1. The van der Waals surface area contributed by atoms with E-state index in [4.69, 9.17) is 18.6 Å². The number of rotatable bonds is 7. The third-order valence-electron chi connectivity index (χ3n) is 9.52. The van der Waals surface area contributed by atoms with Crippen LogP contribution in [0.15, 0.2) is 52.9 Å². The van der Waals surface area contributed by atoms with Crippen LogP contribution in [0.5, 0.6) is 17.2 Å². The minimum absolute atomic E-state index is 0. The lowest BCUT2D eigenvalue weighted by Crippen LogP contribution is -3.00. The Labute approximate surface area is 241 Å². The Morgan fingerprint density at radius 2 is 1.65 bits per heavy atom. The lowest BCUT2D eigenvalue weighted by atomic mass is 9.73. The molecule has 214 valence electrons. The van der Waals surface area contributed by atoms with Crippen molar-refractivity contribution in [2.24, 2.45) is 11.8 Å². The smallest absolute Gasteiger partial charge is 0.271 e. The Bertz CT molecular complexity index is 1290. The number of halogens is 1. The number of aliphatic hydroxyl groups is 1. The van der Waals surface area contributed by atoms with Crippen molar-refractivity contribution in [2.45, 2.75) is 63.2 Å². The molecule has 40 heavy (non-hydrogen) atoms. The summed E-state index contributed by atoms with van der Waals surface area (Å²) in [5, 5.41) is 21.2. The maximum absolute atomic E-state index is 12.2. The van der Waals surface area contributed by atoms with Crippen molar-refractivity contribution in [2.75, 3.05) is 32.8 Å². The number of fused-ring (bicyclic) bond motifs is 4. The molecule has 0 unspecified atom stereocenters. The van der Waals surface area contributed by atoms with E-state index in [-0.39, 0.29) is 24.4 Å². The predicted molar refractivity (Wildman–Crippen MR) is 143 cm³/mol. The number of aromatic nitrogens is 2. The van der Waals surface area contributed by atoms with Crippen LogP contribution in [0.3, 0.4) is 0 Å². The quantitative estimate of drug-likeness (QED) is 0.436. The molecule has 3 saturated heterocycles. The third kappa shape index (κ3) is 5.06. The highest BCUT2D eigenvalue weighted by Crippen LogP contribution is 2.44. The van der Waals surface area contributed by atoms with Crippen LogP contribution in [0.25, 0.3) is 0 Å². The number of piperidine rings is 3. The highest BCUT2D eigenvalue weighted by molar-refractivity contribution is 5.46. The number of hydrogen-bond acceptors (Lipinski definition) is 7. The Morgan fingerprint density at radius 3 is 2.42 bits per heavy atom. The van der Waals surface area contributed by atoms with Gasteiger partial charge in [-0.15, -0.1) is 10.2 Å². The van der Waals surface area contributed by atoms with Gasteiger partial charge in [-0.1, -0.05) is 49.6 Å². The van der Waals surface area contributed by atoms with Gasteiger partial charge in [-0.3, -0.25) is 0 Å². The summed E-state index contributed by atoms with van der Waals surface area (Å²) in [7, 11) is 0. The molecule has 2 aromatic carbocycles. The molecule has 2 atom stereocenters. The summed E-state index contributed by atoms with van der Waals surface area (Å²) in [5.41, 5.74) is -0.420. The maximum atomic E-state index is 12.2. The van der Waals surface area contributed by atoms with E-state index < -0.39 is 5.60 Å². The molecule has 8 rings (SSSR count). The average molecular weight is 568 g/mol. The average Bonchev–Trinajstić information content (AvgIpc) is 3.46. The predicted octanol–water partition coefficient (Wildman–Crippen LogP) is 1.85. The Hall–Kier alpha value is -2.81. The fourth-order valence-corrected chi connectivity index (χ4v) is 7.35. The highest BCUT2D eigenvalue weighted by Gasteiger charge is 2.49. The molecule has 4 fully saturated rings. The molecule has 5 heterocycles. The van der Waals surface area contributed by atoms with Crippen LogP contribution in [0, 0.1) is 11.8 Å². The van der Waals surface area contributed by atoms with E-state index >= 15 is 0 Å². The molecule has 1 aliphatic carbocycles. The van der Waals surface area contributed by atoms with Gasteiger partial charge in [-0.05, 0) is 30.5 Å². The van der Waals surface area contributed by atoms with Gasteiger partial charge in [0.25, 0.3) is 11.8 Å². The summed E-state index contributed by atoms with van der Waals surface area (Å²) < 4.78 is 25.2. The van der Waals surface area contributed by atoms with Crippen LogP contribution in [-0.4, -0.2) is 58.7 Å². The zero-order chi connectivity index (χ0) is 26.3. The molecule has 8 nitrogen and oxygen atoms in total. The van der Waals surface area contributed by atoms with Crippen LogP contribution in [-0.2, 0) is 12.1 Å². The lowest BCUT2D eigenvalue weighted by molar-refractivity contribution is -0.959. The molecule has 3 aromatic rings. The van der Waals surface area contributed by atoms with Gasteiger partial charge in [0.05, 0.1) is 13.1 Å². The third-order valence-corrected chi connectivity index (χ3v) is 9.52. The van der Waals surface area contributed by atoms with E-state index in [1.54, 1.807) is 0 Å². The van der Waals surface area contributed by atoms with E-state index in [1.165, 1.54) is 6.42 Å². The number of quaternary nitrogens is 1. The van der Waals surface area contributed by atoms with Crippen molar-refractivity contribution >= 4 is 0 Å². The summed E-state index contributed by atoms with van der Waals surface area (Å²) >= 11 is 0. The molecule has 1 aromatic heterocycles. The second-order valence-electron chi connectivity index (χ2n) is 11.9. The Kier molecular flexibility index (Phi) is 7.68. The van der Waals surface area contributed by atoms with Crippen molar-refractivity contribution in [1.82, 2.24) is 10.2 Å². The Morgan fingerprint density at radius 1 is 0.900 bits per heavy atom. The van der Waals surface area contributed by atoms with Crippen molar-refractivity contribution in [3.63, 3.8) is 0 Å². The van der Waals surface area contributed by atoms with Crippen molar-refractivity contribution in [3.8, 4) is 17.2 Å². The topological polar surface area (TPSA) is 86.8 Å². The summed E-state index contributed by atoms with van der Waals surface area (Å²) in [4.78, 5) is 0. The SMILES string of the molecule is O[C@](c1ccccc1)(c1nnc(C[N+]23CCC(CC2)[C@@H](Oc2ccc4c(c2)OCCO4)C3)o1)C1CCCCC1.[Cl-]. The van der Waals surface area contributed by atoms with Gasteiger partial charge in [-0.2, -0.15) is 0 Å². The largest absolute Gasteiger partial charge is 1.00 e. The molecular formula is C31H38ClN3O5. The molecular weight excluding hydrogens is 530 g/mol. The van der Waals surface area contributed by atoms with E-state index in [2.05, 4.69) is 10.2 Å². The van der Waals surface area contributed by atoms with Crippen LogP contribution in [0.1, 0.15) is 62.3 Å². The zero-order valence-corrected chi connectivity index (χ0v) is 23.6. The monoisotopic (exact) mass is 567 g/mol. The Balaban J connectivity index is 0.00000289. The van der Waals surface area contributed by atoms with Gasteiger partial charge >= 0.3 is 0 Å². The second kappa shape index (κ2) is 11.2. The van der Waals surface area contributed by atoms with E-state index in [0.29, 0.717) is 37.5 Å². The summed E-state index contributed by atoms with van der Waals surface area (Å²) in [6.07, 6.45) is 7.73. The minimum Gasteiger partial charge on any atom is -1.00 e.